The van der Waals surface area contributed by atoms with E-state index < -0.39 is 0 Å². The molecule has 2 aromatic heterocycles. The van der Waals surface area contributed by atoms with Gasteiger partial charge in [0.25, 0.3) is 0 Å². The molecule has 0 unspecified atom stereocenters. The summed E-state index contributed by atoms with van der Waals surface area (Å²) >= 11 is 0. The predicted octanol–water partition coefficient (Wildman–Crippen LogP) is 3.58. The molecular weight excluding hydrogens is 336 g/mol. The first kappa shape index (κ1) is 17.3. The average Bonchev–Trinajstić information content (AvgIpc) is 2.70. The van der Waals surface area contributed by atoms with E-state index in [1.54, 1.807) is 12.4 Å². The van der Waals surface area contributed by atoms with Crippen molar-refractivity contribution in [2.75, 3.05) is 0 Å². The molecule has 1 aliphatic rings. The van der Waals surface area contributed by atoms with Gasteiger partial charge in [0.2, 0.25) is 5.91 Å². The molecule has 3 aromatic rings. The van der Waals surface area contributed by atoms with Gasteiger partial charge in [0.15, 0.2) is 5.82 Å². The third-order valence-corrected chi connectivity index (χ3v) is 4.92. The van der Waals surface area contributed by atoms with Gasteiger partial charge in [-0.3, -0.25) is 9.78 Å². The number of aryl methyl sites for hydroxylation is 2. The third kappa shape index (κ3) is 4.03. The summed E-state index contributed by atoms with van der Waals surface area (Å²) in [5.74, 6) is 0.724. The van der Waals surface area contributed by atoms with E-state index in [9.17, 15) is 4.79 Å². The van der Waals surface area contributed by atoms with E-state index in [0.717, 1.165) is 41.6 Å². The maximum Gasteiger partial charge on any atom is 0.224 e. The monoisotopic (exact) mass is 358 g/mol. The van der Waals surface area contributed by atoms with E-state index in [0.29, 0.717) is 12.2 Å². The standard InChI is InChI=1S/C22H22N4O/c1-15-7-9-16(10-8-15)12-21(27)25-19-5-2-6-20-18(19)14-24-22(26-20)17-4-3-11-23-13-17/h3-4,7-11,13-14,19H,2,5-6,12H2,1H3,(H,25,27)/t19-/m0/s1. The number of amides is 1. The first-order chi connectivity index (χ1) is 13.2. The summed E-state index contributed by atoms with van der Waals surface area (Å²) in [6.45, 7) is 2.04. The average molecular weight is 358 g/mol. The fourth-order valence-electron chi connectivity index (χ4n) is 3.47. The number of benzene rings is 1. The van der Waals surface area contributed by atoms with Gasteiger partial charge in [0.1, 0.15) is 0 Å². The molecule has 0 bridgehead atoms. The van der Waals surface area contributed by atoms with Crippen LogP contribution in [0.1, 0.15) is 41.3 Å². The van der Waals surface area contributed by atoms with Crippen molar-refractivity contribution < 1.29 is 4.79 Å². The molecule has 2 heterocycles. The van der Waals surface area contributed by atoms with Crippen molar-refractivity contribution in [2.24, 2.45) is 0 Å². The Balaban J connectivity index is 1.49. The van der Waals surface area contributed by atoms with Crippen LogP contribution in [0, 0.1) is 6.92 Å². The maximum atomic E-state index is 12.5. The number of carbonyl (C=O) groups is 1. The van der Waals surface area contributed by atoms with Gasteiger partial charge in [-0.25, -0.2) is 9.97 Å². The van der Waals surface area contributed by atoms with Gasteiger partial charge in [0.05, 0.1) is 12.5 Å². The zero-order valence-electron chi connectivity index (χ0n) is 15.4. The summed E-state index contributed by atoms with van der Waals surface area (Å²) < 4.78 is 0. The van der Waals surface area contributed by atoms with Crippen LogP contribution in [0.2, 0.25) is 0 Å². The Morgan fingerprint density at radius 3 is 2.81 bits per heavy atom. The first-order valence-corrected chi connectivity index (χ1v) is 9.30. The Hall–Kier alpha value is -3.08. The van der Waals surface area contributed by atoms with Gasteiger partial charge in [-0.2, -0.15) is 0 Å². The molecule has 136 valence electrons. The molecule has 0 saturated heterocycles. The summed E-state index contributed by atoms with van der Waals surface area (Å²) in [4.78, 5) is 25.9. The number of carbonyl (C=O) groups excluding carboxylic acids is 1. The summed E-state index contributed by atoms with van der Waals surface area (Å²) in [6, 6.07) is 11.9. The SMILES string of the molecule is Cc1ccc(CC(=O)N[C@H]2CCCc3nc(-c4cccnc4)ncc32)cc1. The zero-order chi connectivity index (χ0) is 18.6. The van der Waals surface area contributed by atoms with Crippen molar-refractivity contribution in [3.8, 4) is 11.4 Å². The molecule has 1 amide bonds. The van der Waals surface area contributed by atoms with Crippen LogP contribution in [0.25, 0.3) is 11.4 Å². The predicted molar refractivity (Wildman–Crippen MR) is 104 cm³/mol. The summed E-state index contributed by atoms with van der Waals surface area (Å²) in [7, 11) is 0. The lowest BCUT2D eigenvalue weighted by Gasteiger charge is -2.25. The van der Waals surface area contributed by atoms with E-state index >= 15 is 0 Å². The molecule has 0 fully saturated rings. The topological polar surface area (TPSA) is 67.8 Å². The van der Waals surface area contributed by atoms with E-state index in [-0.39, 0.29) is 11.9 Å². The van der Waals surface area contributed by atoms with Gasteiger partial charge in [-0.15, -0.1) is 0 Å². The fraction of sp³-hybridized carbons (Fsp3) is 0.273. The second kappa shape index (κ2) is 7.66. The smallest absolute Gasteiger partial charge is 0.224 e. The second-order valence-corrected chi connectivity index (χ2v) is 7.01. The molecule has 1 N–H and O–H groups in total. The molecule has 1 atom stereocenters. The normalized spacial score (nSPS) is 15.8. The minimum absolute atomic E-state index is 0.0188. The van der Waals surface area contributed by atoms with Crippen LogP contribution in [-0.2, 0) is 17.6 Å². The largest absolute Gasteiger partial charge is 0.349 e. The lowest BCUT2D eigenvalue weighted by atomic mass is 9.92. The second-order valence-electron chi connectivity index (χ2n) is 7.01. The van der Waals surface area contributed by atoms with Crippen LogP contribution in [0.4, 0.5) is 0 Å². The van der Waals surface area contributed by atoms with Crippen LogP contribution >= 0.6 is 0 Å². The minimum Gasteiger partial charge on any atom is -0.349 e. The Morgan fingerprint density at radius 2 is 2.04 bits per heavy atom. The Morgan fingerprint density at radius 1 is 1.19 bits per heavy atom. The molecule has 0 saturated carbocycles. The summed E-state index contributed by atoms with van der Waals surface area (Å²) in [5.41, 5.74) is 5.19. The number of hydrogen-bond donors (Lipinski definition) is 1. The number of nitrogens with zero attached hydrogens (tertiary/aromatic N) is 3. The molecule has 4 rings (SSSR count). The third-order valence-electron chi connectivity index (χ3n) is 4.92. The molecule has 0 aliphatic heterocycles. The lowest BCUT2D eigenvalue weighted by Crippen LogP contribution is -2.32. The van der Waals surface area contributed by atoms with Gasteiger partial charge in [-0.1, -0.05) is 29.8 Å². The van der Waals surface area contributed by atoms with Crippen molar-refractivity contribution in [3.05, 3.63) is 77.4 Å². The Bertz CT molecular complexity index is 938. The van der Waals surface area contributed by atoms with Crippen molar-refractivity contribution in [1.29, 1.82) is 0 Å². The molecular formula is C22H22N4O. The van der Waals surface area contributed by atoms with Gasteiger partial charge >= 0.3 is 0 Å². The van der Waals surface area contributed by atoms with Crippen molar-refractivity contribution in [1.82, 2.24) is 20.3 Å². The highest BCUT2D eigenvalue weighted by atomic mass is 16.1. The molecule has 1 aliphatic carbocycles. The van der Waals surface area contributed by atoms with E-state index in [1.165, 1.54) is 5.56 Å². The molecule has 0 radical (unpaired) electrons. The summed E-state index contributed by atoms with van der Waals surface area (Å²) in [5, 5.41) is 3.17. The number of rotatable bonds is 4. The maximum absolute atomic E-state index is 12.5. The highest BCUT2D eigenvalue weighted by Crippen LogP contribution is 2.29. The fourth-order valence-corrected chi connectivity index (χ4v) is 3.47. The highest BCUT2D eigenvalue weighted by molar-refractivity contribution is 5.79. The number of fused-ring (bicyclic) bond motifs is 1. The van der Waals surface area contributed by atoms with Crippen LogP contribution in [-0.4, -0.2) is 20.9 Å². The molecule has 27 heavy (non-hydrogen) atoms. The number of pyridine rings is 1. The van der Waals surface area contributed by atoms with E-state index in [2.05, 4.69) is 15.3 Å². The van der Waals surface area contributed by atoms with Crippen LogP contribution in [0.5, 0.6) is 0 Å². The summed E-state index contributed by atoms with van der Waals surface area (Å²) in [6.07, 6.45) is 8.60. The van der Waals surface area contributed by atoms with Gasteiger partial charge in [0, 0.05) is 35.4 Å². The van der Waals surface area contributed by atoms with Crippen LogP contribution < -0.4 is 5.32 Å². The number of hydrogen-bond acceptors (Lipinski definition) is 4. The minimum atomic E-state index is -0.0188. The molecule has 5 heteroatoms. The lowest BCUT2D eigenvalue weighted by molar-refractivity contribution is -0.121. The quantitative estimate of drug-likeness (QED) is 0.774. The number of nitrogens with one attached hydrogen (secondary N) is 1. The number of aromatic nitrogens is 3. The molecule has 0 spiro atoms. The van der Waals surface area contributed by atoms with E-state index in [1.807, 2.05) is 49.5 Å². The zero-order valence-corrected chi connectivity index (χ0v) is 15.4. The van der Waals surface area contributed by atoms with Crippen molar-refractivity contribution in [3.63, 3.8) is 0 Å². The Labute approximate surface area is 158 Å². The van der Waals surface area contributed by atoms with Crippen molar-refractivity contribution in [2.45, 2.75) is 38.6 Å². The van der Waals surface area contributed by atoms with E-state index in [4.69, 9.17) is 4.98 Å². The van der Waals surface area contributed by atoms with Gasteiger partial charge in [-0.05, 0) is 43.9 Å². The van der Waals surface area contributed by atoms with Crippen LogP contribution in [0.15, 0.2) is 55.0 Å². The molecule has 1 aromatic carbocycles. The van der Waals surface area contributed by atoms with Gasteiger partial charge < -0.3 is 5.32 Å². The molecule has 5 nitrogen and oxygen atoms in total. The van der Waals surface area contributed by atoms with Crippen LogP contribution in [0.3, 0.4) is 0 Å². The first-order valence-electron chi connectivity index (χ1n) is 9.30. The highest BCUT2D eigenvalue weighted by Gasteiger charge is 2.24. The van der Waals surface area contributed by atoms with Crippen molar-refractivity contribution >= 4 is 5.91 Å². The Kier molecular flexibility index (Phi) is 4.92.